The van der Waals surface area contributed by atoms with Crippen LogP contribution < -0.4 is 15.8 Å². The van der Waals surface area contributed by atoms with Gasteiger partial charge in [-0.2, -0.15) is 0 Å². The molecule has 0 aliphatic rings. The minimum absolute atomic E-state index is 0.0836. The van der Waals surface area contributed by atoms with Crippen molar-refractivity contribution in [2.45, 2.75) is 24.3 Å². The van der Waals surface area contributed by atoms with Crippen molar-refractivity contribution >= 4 is 23.7 Å². The molecule has 0 saturated heterocycles. The number of amides is 3. The van der Waals surface area contributed by atoms with Gasteiger partial charge in [-0.05, 0) is 42.3 Å². The molecule has 2 heterocycles. The van der Waals surface area contributed by atoms with E-state index in [0.717, 1.165) is 11.3 Å². The minimum Gasteiger partial charge on any atom is -0.497 e. The number of nitrogens with zero attached hydrogens (tertiary/aromatic N) is 4. The van der Waals surface area contributed by atoms with Gasteiger partial charge in [0.2, 0.25) is 5.91 Å². The third-order valence-electron chi connectivity index (χ3n) is 4.25. The molecule has 1 aromatic carbocycles. The van der Waals surface area contributed by atoms with Gasteiger partial charge in [0.15, 0.2) is 11.0 Å². The molecular formula is C20H22N6O3S. The number of rotatable bonds is 7. The van der Waals surface area contributed by atoms with Gasteiger partial charge in [0.05, 0.1) is 12.4 Å². The summed E-state index contributed by atoms with van der Waals surface area (Å²) in [5, 5.41) is 10.7. The van der Waals surface area contributed by atoms with Crippen molar-refractivity contribution in [1.82, 2.24) is 25.1 Å². The molecule has 156 valence electrons. The van der Waals surface area contributed by atoms with Crippen LogP contribution in [-0.2, 0) is 4.79 Å². The summed E-state index contributed by atoms with van der Waals surface area (Å²) in [4.78, 5) is 27.7. The summed E-state index contributed by atoms with van der Waals surface area (Å²) in [5.74, 6) is 0.757. The van der Waals surface area contributed by atoms with Gasteiger partial charge in [0, 0.05) is 23.6 Å². The highest BCUT2D eigenvalue weighted by Crippen LogP contribution is 2.33. The zero-order valence-corrected chi connectivity index (χ0v) is 17.6. The topological polar surface area (TPSA) is 125 Å². The first-order valence-corrected chi connectivity index (χ1v) is 10.1. The fourth-order valence-corrected chi connectivity index (χ4v) is 3.85. The standard InChI is InChI=1S/C20H22N6O3S/c1-12(2)16(18(27)23-19(21)28)30-20-25-24-17(13-8-10-22-11-9-13)26(20)14-4-6-15(29-3)7-5-14/h4-12,16H,1-3H3,(H3,21,23,27,28). The van der Waals surface area contributed by atoms with E-state index in [2.05, 4.69) is 20.5 Å². The maximum atomic E-state index is 12.5. The second kappa shape index (κ2) is 9.40. The van der Waals surface area contributed by atoms with Crippen molar-refractivity contribution in [3.8, 4) is 22.8 Å². The van der Waals surface area contributed by atoms with E-state index in [4.69, 9.17) is 10.5 Å². The van der Waals surface area contributed by atoms with Gasteiger partial charge in [-0.1, -0.05) is 25.6 Å². The van der Waals surface area contributed by atoms with E-state index in [9.17, 15) is 9.59 Å². The Morgan fingerprint density at radius 3 is 2.33 bits per heavy atom. The molecule has 3 aromatic rings. The number of carbonyl (C=O) groups excluding carboxylic acids is 2. The number of methoxy groups -OCH3 is 1. The fraction of sp³-hybridized carbons (Fsp3) is 0.250. The Balaban J connectivity index is 2.06. The van der Waals surface area contributed by atoms with Gasteiger partial charge in [-0.15, -0.1) is 10.2 Å². The van der Waals surface area contributed by atoms with Gasteiger partial charge in [0.25, 0.3) is 0 Å². The van der Waals surface area contributed by atoms with Crippen LogP contribution in [0.25, 0.3) is 17.1 Å². The summed E-state index contributed by atoms with van der Waals surface area (Å²) >= 11 is 1.22. The zero-order valence-electron chi connectivity index (χ0n) is 16.8. The molecule has 3 rings (SSSR count). The highest BCUT2D eigenvalue weighted by Gasteiger charge is 2.28. The first kappa shape index (κ1) is 21.3. The number of primary amides is 1. The maximum Gasteiger partial charge on any atom is 0.318 e. The third-order valence-corrected chi connectivity index (χ3v) is 5.73. The van der Waals surface area contributed by atoms with Crippen molar-refractivity contribution in [1.29, 1.82) is 0 Å². The molecule has 3 amide bonds. The fourth-order valence-electron chi connectivity index (χ4n) is 2.80. The molecule has 30 heavy (non-hydrogen) atoms. The van der Waals surface area contributed by atoms with Gasteiger partial charge in [-0.3, -0.25) is 19.7 Å². The van der Waals surface area contributed by atoms with Crippen LogP contribution in [0, 0.1) is 5.92 Å². The number of urea groups is 1. The first-order valence-electron chi connectivity index (χ1n) is 9.18. The van der Waals surface area contributed by atoms with Crippen molar-refractivity contribution in [3.05, 3.63) is 48.8 Å². The zero-order chi connectivity index (χ0) is 21.7. The summed E-state index contributed by atoms with van der Waals surface area (Å²) in [6.45, 7) is 3.77. The van der Waals surface area contributed by atoms with Crippen LogP contribution in [0.1, 0.15) is 13.8 Å². The second-order valence-corrected chi connectivity index (χ2v) is 7.82. The first-order chi connectivity index (χ1) is 14.4. The average molecular weight is 427 g/mol. The van der Waals surface area contributed by atoms with Gasteiger partial charge >= 0.3 is 6.03 Å². The number of thioether (sulfide) groups is 1. The van der Waals surface area contributed by atoms with E-state index in [0.29, 0.717) is 16.7 Å². The third kappa shape index (κ3) is 4.77. The Labute approximate surface area is 178 Å². The number of nitrogens with one attached hydrogen (secondary N) is 1. The average Bonchev–Trinajstić information content (AvgIpc) is 3.15. The number of aromatic nitrogens is 4. The van der Waals surface area contributed by atoms with Gasteiger partial charge in [0.1, 0.15) is 5.75 Å². The molecule has 3 N–H and O–H groups in total. The molecule has 2 aromatic heterocycles. The Morgan fingerprint density at radius 2 is 1.77 bits per heavy atom. The van der Waals surface area contributed by atoms with Crippen molar-refractivity contribution in [3.63, 3.8) is 0 Å². The van der Waals surface area contributed by atoms with Crippen LogP contribution in [0.15, 0.2) is 53.9 Å². The number of benzene rings is 1. The SMILES string of the molecule is COc1ccc(-n2c(SC(C(=O)NC(N)=O)C(C)C)nnc2-c2ccncc2)cc1. The predicted octanol–water partition coefficient (Wildman–Crippen LogP) is 2.65. The lowest BCUT2D eigenvalue weighted by Crippen LogP contribution is -2.42. The lowest BCUT2D eigenvalue weighted by molar-refractivity contribution is -0.120. The lowest BCUT2D eigenvalue weighted by Gasteiger charge is -2.19. The summed E-state index contributed by atoms with van der Waals surface area (Å²) < 4.78 is 7.10. The van der Waals surface area contributed by atoms with Crippen LogP contribution in [0.3, 0.4) is 0 Å². The van der Waals surface area contributed by atoms with Crippen LogP contribution >= 0.6 is 11.8 Å². The number of hydrogen-bond donors (Lipinski definition) is 2. The van der Waals surface area contributed by atoms with Crippen molar-refractivity contribution < 1.29 is 14.3 Å². The second-order valence-electron chi connectivity index (χ2n) is 6.71. The molecule has 1 unspecified atom stereocenters. The summed E-state index contributed by atoms with van der Waals surface area (Å²) in [6.07, 6.45) is 3.35. The number of hydrogen-bond acceptors (Lipinski definition) is 7. The summed E-state index contributed by atoms with van der Waals surface area (Å²) in [6, 6.07) is 10.2. The largest absolute Gasteiger partial charge is 0.497 e. The number of carbonyl (C=O) groups is 2. The molecule has 0 saturated carbocycles. The number of ether oxygens (including phenoxy) is 1. The molecule has 0 aliphatic carbocycles. The minimum atomic E-state index is -0.889. The van der Waals surface area contributed by atoms with Crippen LogP contribution in [-0.4, -0.2) is 44.0 Å². The van der Waals surface area contributed by atoms with Crippen LogP contribution in [0.4, 0.5) is 4.79 Å². The van der Waals surface area contributed by atoms with E-state index in [-0.39, 0.29) is 5.92 Å². The Kier molecular flexibility index (Phi) is 6.68. The normalized spacial score (nSPS) is 11.9. The monoisotopic (exact) mass is 426 g/mol. The summed E-state index contributed by atoms with van der Waals surface area (Å²) in [7, 11) is 1.60. The van der Waals surface area contributed by atoms with Crippen LogP contribution in [0.2, 0.25) is 0 Å². The van der Waals surface area contributed by atoms with E-state index < -0.39 is 17.2 Å². The molecule has 9 nitrogen and oxygen atoms in total. The molecule has 0 spiro atoms. The van der Waals surface area contributed by atoms with Crippen molar-refractivity contribution in [2.24, 2.45) is 11.7 Å². The Hall–Kier alpha value is -3.40. The molecule has 10 heteroatoms. The number of pyridine rings is 1. The summed E-state index contributed by atoms with van der Waals surface area (Å²) in [5.41, 5.74) is 6.74. The van der Waals surface area contributed by atoms with E-state index in [1.54, 1.807) is 19.5 Å². The smallest absolute Gasteiger partial charge is 0.318 e. The highest BCUT2D eigenvalue weighted by molar-refractivity contribution is 8.00. The Bertz CT molecular complexity index is 1020. The number of imide groups is 1. The molecular weight excluding hydrogens is 404 g/mol. The quantitative estimate of drug-likeness (QED) is 0.556. The molecule has 0 radical (unpaired) electrons. The Morgan fingerprint density at radius 1 is 1.10 bits per heavy atom. The predicted molar refractivity (Wildman–Crippen MR) is 113 cm³/mol. The highest BCUT2D eigenvalue weighted by atomic mass is 32.2. The van der Waals surface area contributed by atoms with E-state index >= 15 is 0 Å². The molecule has 0 aliphatic heterocycles. The number of nitrogens with two attached hydrogens (primary N) is 1. The lowest BCUT2D eigenvalue weighted by atomic mass is 10.1. The van der Waals surface area contributed by atoms with Crippen LogP contribution in [0.5, 0.6) is 5.75 Å². The van der Waals surface area contributed by atoms with Gasteiger partial charge in [-0.25, -0.2) is 4.79 Å². The van der Waals surface area contributed by atoms with Gasteiger partial charge < -0.3 is 10.5 Å². The molecule has 0 fully saturated rings. The van der Waals surface area contributed by atoms with E-state index in [1.807, 2.05) is 54.8 Å². The van der Waals surface area contributed by atoms with E-state index in [1.165, 1.54) is 11.8 Å². The van der Waals surface area contributed by atoms with Crippen molar-refractivity contribution in [2.75, 3.05) is 7.11 Å². The molecule has 1 atom stereocenters. The molecule has 0 bridgehead atoms. The maximum absolute atomic E-state index is 12.5.